The Bertz CT molecular complexity index is 2290. The second-order valence-corrected chi connectivity index (χ2v) is 12.9. The number of ether oxygens (including phenoxy) is 3. The Morgan fingerprint density at radius 3 is 2.64 bits per heavy atom. The number of halogens is 5. The molecule has 0 aliphatic carbocycles. The number of rotatable bonds is 6. The van der Waals surface area contributed by atoms with Crippen molar-refractivity contribution in [1.29, 1.82) is 0 Å². The van der Waals surface area contributed by atoms with Crippen molar-refractivity contribution >= 4 is 39.5 Å². The van der Waals surface area contributed by atoms with Gasteiger partial charge in [0.1, 0.15) is 34.5 Å². The number of nitrogens with zero attached hydrogens (tertiary/aromatic N) is 6. The predicted octanol–water partition coefficient (Wildman–Crippen LogP) is 5.63. The first-order valence-electron chi connectivity index (χ1n) is 16.6. The number of fused-ring (bicyclic) bond motifs is 3. The molecule has 3 saturated heterocycles. The van der Waals surface area contributed by atoms with Gasteiger partial charge < -0.3 is 33.5 Å². The van der Waals surface area contributed by atoms with Crippen molar-refractivity contribution in [3.8, 4) is 17.7 Å². The average molecular weight is 737 g/mol. The van der Waals surface area contributed by atoms with Crippen LogP contribution >= 0.6 is 0 Å². The summed E-state index contributed by atoms with van der Waals surface area (Å²) < 4.78 is 92.9. The van der Waals surface area contributed by atoms with E-state index in [-0.39, 0.29) is 52.9 Å². The molecule has 0 amide bonds. The molecule has 0 bridgehead atoms. The second kappa shape index (κ2) is 13.1. The summed E-state index contributed by atoms with van der Waals surface area (Å²) in [6, 6.07) is 9.46. The maximum Gasteiger partial charge on any atom is 0.434 e. The Morgan fingerprint density at radius 1 is 1.09 bits per heavy atom. The molecule has 8 rings (SSSR count). The van der Waals surface area contributed by atoms with Crippen molar-refractivity contribution in [3.05, 3.63) is 77.5 Å². The van der Waals surface area contributed by atoms with Crippen LogP contribution in [0.3, 0.4) is 0 Å². The molecule has 3 atom stereocenters. The number of hydrogen-bond donors (Lipinski definition) is 1. The summed E-state index contributed by atoms with van der Waals surface area (Å²) in [7, 11) is 0. The number of para-hydroxylation sites is 1. The molecule has 0 unspecified atom stereocenters. The molecule has 5 aromatic rings. The van der Waals surface area contributed by atoms with Crippen molar-refractivity contribution in [3.63, 3.8) is 0 Å². The monoisotopic (exact) mass is 736 g/mol. The number of benzene rings is 1. The number of aromatic nitrogens is 4. The quantitative estimate of drug-likeness (QED) is 0.171. The zero-order valence-corrected chi connectivity index (χ0v) is 27.8. The summed E-state index contributed by atoms with van der Waals surface area (Å²) in [6.07, 6.45) is -6.27. The molecule has 1 aromatic carbocycles. The lowest BCUT2D eigenvalue weighted by atomic mass is 9.90. The maximum absolute atomic E-state index is 14.1. The van der Waals surface area contributed by atoms with E-state index in [1.165, 1.54) is 23.2 Å². The molecule has 7 heterocycles. The van der Waals surface area contributed by atoms with Gasteiger partial charge in [-0.25, -0.2) is 28.5 Å². The van der Waals surface area contributed by atoms with Crippen LogP contribution in [0.5, 0.6) is 5.88 Å². The molecule has 3 aliphatic heterocycles. The molecule has 12 nitrogen and oxygen atoms in total. The van der Waals surface area contributed by atoms with Gasteiger partial charge in [-0.1, -0.05) is 24.0 Å². The van der Waals surface area contributed by atoms with Crippen molar-refractivity contribution < 1.29 is 50.5 Å². The number of anilines is 2. The van der Waals surface area contributed by atoms with Crippen LogP contribution in [0.15, 0.2) is 59.3 Å². The van der Waals surface area contributed by atoms with Gasteiger partial charge in [-0.15, -0.1) is 0 Å². The summed E-state index contributed by atoms with van der Waals surface area (Å²) in [5.41, 5.74) is -0.748. The number of furan rings is 1. The molecule has 53 heavy (non-hydrogen) atoms. The molecule has 1 spiro atoms. The minimum atomic E-state index is -4.71. The Balaban J connectivity index is 1.16. The zero-order chi connectivity index (χ0) is 37.1. The van der Waals surface area contributed by atoms with Crippen LogP contribution in [0, 0.1) is 11.8 Å². The number of carboxylic acids is 1. The van der Waals surface area contributed by atoms with Crippen molar-refractivity contribution in [2.24, 2.45) is 0 Å². The first-order valence-corrected chi connectivity index (χ1v) is 16.6. The van der Waals surface area contributed by atoms with Gasteiger partial charge in [0.2, 0.25) is 5.88 Å². The lowest BCUT2D eigenvalue weighted by Gasteiger charge is -2.53. The summed E-state index contributed by atoms with van der Waals surface area (Å²) in [5, 5.41) is 10.8. The van der Waals surface area contributed by atoms with Crippen LogP contribution in [0.2, 0.25) is 0 Å². The van der Waals surface area contributed by atoms with E-state index in [0.717, 1.165) is 6.20 Å². The van der Waals surface area contributed by atoms with Gasteiger partial charge in [0.25, 0.3) is 6.43 Å². The fraction of sp³-hybridized carbons (Fsp3) is 0.361. The van der Waals surface area contributed by atoms with E-state index in [1.54, 1.807) is 30.3 Å². The highest BCUT2D eigenvalue weighted by Crippen LogP contribution is 2.41. The minimum Gasteiger partial charge on any atom is -0.480 e. The van der Waals surface area contributed by atoms with E-state index in [4.69, 9.17) is 18.6 Å². The molecule has 0 radical (unpaired) electrons. The Kier molecular flexibility index (Phi) is 8.53. The number of morpholine rings is 1. The normalized spacial score (nSPS) is 21.2. The summed E-state index contributed by atoms with van der Waals surface area (Å²) in [5.74, 6) is 3.31. The smallest absolute Gasteiger partial charge is 0.434 e. The molecule has 3 aliphatic rings. The van der Waals surface area contributed by atoms with E-state index in [0.29, 0.717) is 43.0 Å². The number of carboxylic acid groups (broad SMARTS) is 1. The van der Waals surface area contributed by atoms with Gasteiger partial charge >= 0.3 is 12.1 Å². The number of pyridine rings is 2. The van der Waals surface area contributed by atoms with Crippen LogP contribution in [0.1, 0.15) is 42.4 Å². The number of carbonyl (C=O) groups is 1. The minimum absolute atomic E-state index is 0.0571. The Hall–Kier alpha value is -5.60. The highest BCUT2D eigenvalue weighted by molar-refractivity contribution is 6.06. The third kappa shape index (κ3) is 6.21. The fourth-order valence-electron chi connectivity index (χ4n) is 6.97. The molecule has 1 N–H and O–H groups in total. The van der Waals surface area contributed by atoms with Crippen LogP contribution in [0.25, 0.3) is 22.1 Å². The van der Waals surface area contributed by atoms with E-state index < -0.39 is 47.8 Å². The van der Waals surface area contributed by atoms with Gasteiger partial charge in [-0.3, -0.25) is 4.98 Å². The molecular weight excluding hydrogens is 707 g/mol. The second-order valence-electron chi connectivity index (χ2n) is 12.9. The number of hydrogen-bond acceptors (Lipinski definition) is 11. The standard InChI is InChI=1S/C36H29F5N6O6/c1-19-35(17-50-18-35)51-12-11-46(19)24-13-20(8-9-21-5-4-10-42-29(21)36(39,40)41)15-43-33(24)52-22-14-25(34(48)49)47(16-22)32-28-27(44-31(45-32)30(37)38)23-6-2-3-7-26(23)53-28/h2-7,10,13,15,19,22,25,30H,11-12,14,16-18H2,1H3,(H,48,49)/t19-,22-,25-/m0/s1. The van der Waals surface area contributed by atoms with E-state index in [1.807, 2.05) is 11.8 Å². The van der Waals surface area contributed by atoms with Gasteiger partial charge in [0, 0.05) is 36.3 Å². The number of aliphatic carboxylic acids is 1. The van der Waals surface area contributed by atoms with Gasteiger partial charge in [0.15, 0.2) is 22.9 Å². The SMILES string of the molecule is C[C@@H]1N(c2cc(C#Cc3cccnc3C(F)(F)F)cnc2O[C@H]2C[C@@H](C(=O)O)N(c3nc(C(F)F)nc4c3oc3ccccc34)C2)CCOC12COC2. The predicted molar refractivity (Wildman–Crippen MR) is 178 cm³/mol. The lowest BCUT2D eigenvalue weighted by molar-refractivity contribution is -0.228. The van der Waals surface area contributed by atoms with Gasteiger partial charge in [-0.2, -0.15) is 13.2 Å². The lowest BCUT2D eigenvalue weighted by Crippen LogP contribution is -2.68. The van der Waals surface area contributed by atoms with Crippen LogP contribution in [-0.4, -0.2) is 87.7 Å². The Labute approximate surface area is 297 Å². The highest BCUT2D eigenvalue weighted by atomic mass is 19.4. The summed E-state index contributed by atoms with van der Waals surface area (Å²) >= 11 is 0. The molecular formula is C36H29F5N6O6. The molecule has 17 heteroatoms. The number of alkyl halides is 5. The van der Waals surface area contributed by atoms with E-state index >= 15 is 0 Å². The molecule has 274 valence electrons. The van der Waals surface area contributed by atoms with Gasteiger partial charge in [-0.05, 0) is 37.3 Å². The third-order valence-electron chi connectivity index (χ3n) is 9.72. The third-order valence-corrected chi connectivity index (χ3v) is 9.72. The maximum atomic E-state index is 14.1. The van der Waals surface area contributed by atoms with Crippen molar-refractivity contribution in [2.75, 3.05) is 42.7 Å². The van der Waals surface area contributed by atoms with Crippen LogP contribution in [-0.2, 0) is 20.4 Å². The molecule has 3 fully saturated rings. The molecule has 4 aromatic heterocycles. The summed E-state index contributed by atoms with van der Waals surface area (Å²) in [6.45, 7) is 3.28. The van der Waals surface area contributed by atoms with Crippen molar-refractivity contribution in [2.45, 2.75) is 49.7 Å². The van der Waals surface area contributed by atoms with Crippen LogP contribution < -0.4 is 14.5 Å². The largest absolute Gasteiger partial charge is 0.480 e. The van der Waals surface area contributed by atoms with Gasteiger partial charge in [0.05, 0.1) is 38.0 Å². The van der Waals surface area contributed by atoms with Crippen molar-refractivity contribution in [1.82, 2.24) is 19.9 Å². The topological polar surface area (TPSA) is 136 Å². The molecule has 0 saturated carbocycles. The first-order chi connectivity index (χ1) is 25.4. The average Bonchev–Trinajstić information content (AvgIpc) is 3.72. The fourth-order valence-corrected chi connectivity index (χ4v) is 6.97. The van der Waals surface area contributed by atoms with Crippen LogP contribution in [0.4, 0.5) is 33.5 Å². The summed E-state index contributed by atoms with van der Waals surface area (Å²) in [4.78, 5) is 32.1. The zero-order valence-electron chi connectivity index (χ0n) is 27.8. The van der Waals surface area contributed by atoms with E-state index in [2.05, 4.69) is 31.8 Å². The van der Waals surface area contributed by atoms with E-state index in [9.17, 15) is 31.9 Å². The Morgan fingerprint density at radius 2 is 1.91 bits per heavy atom. The highest BCUT2D eigenvalue weighted by Gasteiger charge is 2.50. The first kappa shape index (κ1) is 34.5.